The van der Waals surface area contributed by atoms with Gasteiger partial charge in [0, 0.05) is 38.3 Å². The fraction of sp³-hybridized carbons (Fsp3) is 1.00. The van der Waals surface area contributed by atoms with Crippen molar-refractivity contribution in [2.24, 2.45) is 5.73 Å². The molecule has 1 atom stereocenters. The molecule has 2 fully saturated rings. The van der Waals surface area contributed by atoms with Crippen molar-refractivity contribution in [2.75, 3.05) is 50.8 Å². The molecule has 0 radical (unpaired) electrons. The second kappa shape index (κ2) is 6.02. The molecule has 1 unspecified atom stereocenters. The minimum Gasteiger partial charge on any atom is -0.329 e. The summed E-state index contributed by atoms with van der Waals surface area (Å²) in [7, 11) is -3.11. The monoisotopic (exact) mass is 329 g/mol. The molecule has 0 aromatic rings. The van der Waals surface area contributed by atoms with Crippen molar-refractivity contribution in [2.45, 2.75) is 24.6 Å². The van der Waals surface area contributed by atoms with E-state index in [-0.39, 0.29) is 18.1 Å². The minimum absolute atomic E-state index is 0.0236. The predicted octanol–water partition coefficient (Wildman–Crippen LogP) is 0.0724. The van der Waals surface area contributed by atoms with Gasteiger partial charge in [-0.3, -0.25) is 9.80 Å². The average Bonchev–Trinajstić information content (AvgIpc) is 2.36. The van der Waals surface area contributed by atoms with Gasteiger partial charge >= 0.3 is 6.18 Å². The molecule has 0 aliphatic carbocycles. The molecule has 21 heavy (non-hydrogen) atoms. The number of nitrogens with zero attached hydrogens (tertiary/aromatic N) is 2. The van der Waals surface area contributed by atoms with Crippen LogP contribution in [0.3, 0.4) is 0 Å². The van der Waals surface area contributed by atoms with Gasteiger partial charge < -0.3 is 5.73 Å². The summed E-state index contributed by atoms with van der Waals surface area (Å²) in [5.74, 6) is 0.207. The Balaban J connectivity index is 1.99. The molecular weight excluding hydrogens is 307 g/mol. The largest absolute Gasteiger partial charge is 0.401 e. The number of rotatable bonds is 3. The topological polar surface area (TPSA) is 66.6 Å². The number of hydrogen-bond donors (Lipinski definition) is 1. The van der Waals surface area contributed by atoms with E-state index in [0.29, 0.717) is 39.0 Å². The van der Waals surface area contributed by atoms with Gasteiger partial charge in [-0.1, -0.05) is 0 Å². The van der Waals surface area contributed by atoms with Crippen LogP contribution in [0.4, 0.5) is 13.2 Å². The van der Waals surface area contributed by atoms with E-state index in [1.807, 2.05) is 4.90 Å². The summed E-state index contributed by atoms with van der Waals surface area (Å²) in [6.45, 7) is 0.772. The first-order valence-electron chi connectivity index (χ1n) is 7.10. The number of nitrogens with two attached hydrogens (primary N) is 1. The van der Waals surface area contributed by atoms with Gasteiger partial charge in [0.2, 0.25) is 0 Å². The molecule has 0 spiro atoms. The van der Waals surface area contributed by atoms with E-state index in [0.717, 1.165) is 0 Å². The lowest BCUT2D eigenvalue weighted by atomic mass is 9.92. The minimum atomic E-state index is -4.19. The molecule has 2 aliphatic rings. The second-order valence-corrected chi connectivity index (χ2v) is 8.19. The maximum Gasteiger partial charge on any atom is 0.401 e. The molecule has 2 N–H and O–H groups in total. The van der Waals surface area contributed by atoms with Crippen molar-refractivity contribution in [3.63, 3.8) is 0 Å². The molecule has 2 heterocycles. The number of halogens is 3. The summed E-state index contributed by atoms with van der Waals surface area (Å²) < 4.78 is 60.9. The standard InChI is InChI=1S/C12H22F3N3O2S/c13-12(14,15)9-17-3-5-18(6-4-17)11(8-16)2-1-7-21(19,20)10-11/h1-10,16H2. The number of sulfone groups is 1. The van der Waals surface area contributed by atoms with E-state index < -0.39 is 28.1 Å². The van der Waals surface area contributed by atoms with Gasteiger partial charge in [0.05, 0.1) is 18.1 Å². The van der Waals surface area contributed by atoms with Crippen LogP contribution in [0.2, 0.25) is 0 Å². The van der Waals surface area contributed by atoms with Gasteiger partial charge in [0.25, 0.3) is 0 Å². The number of piperazine rings is 1. The van der Waals surface area contributed by atoms with Crippen LogP contribution in [0.15, 0.2) is 0 Å². The van der Waals surface area contributed by atoms with E-state index in [1.54, 1.807) is 0 Å². The maximum absolute atomic E-state index is 12.4. The molecule has 0 amide bonds. The first-order valence-corrected chi connectivity index (χ1v) is 8.93. The molecule has 0 aromatic heterocycles. The third-order valence-electron chi connectivity index (χ3n) is 4.41. The van der Waals surface area contributed by atoms with Gasteiger partial charge in [-0.15, -0.1) is 0 Å². The molecular formula is C12H22F3N3O2S. The fourth-order valence-electron chi connectivity index (χ4n) is 3.35. The molecule has 0 saturated carbocycles. The van der Waals surface area contributed by atoms with E-state index in [9.17, 15) is 21.6 Å². The Morgan fingerprint density at radius 1 is 1.14 bits per heavy atom. The molecule has 2 saturated heterocycles. The fourth-order valence-corrected chi connectivity index (χ4v) is 5.34. The molecule has 0 aromatic carbocycles. The highest BCUT2D eigenvalue weighted by Crippen LogP contribution is 2.30. The summed E-state index contributed by atoms with van der Waals surface area (Å²) in [5, 5.41) is 0. The molecule has 2 rings (SSSR count). The average molecular weight is 329 g/mol. The van der Waals surface area contributed by atoms with Crippen LogP contribution in [0.25, 0.3) is 0 Å². The normalized spacial score (nSPS) is 32.2. The maximum atomic E-state index is 12.4. The summed E-state index contributed by atoms with van der Waals surface area (Å²) >= 11 is 0. The number of alkyl halides is 3. The summed E-state index contributed by atoms with van der Waals surface area (Å²) in [6, 6.07) is 0. The predicted molar refractivity (Wildman–Crippen MR) is 73.7 cm³/mol. The Bertz CT molecular complexity index is 461. The van der Waals surface area contributed by atoms with Gasteiger partial charge in [0.1, 0.15) is 0 Å². The van der Waals surface area contributed by atoms with Crippen LogP contribution in [-0.2, 0) is 9.84 Å². The van der Waals surface area contributed by atoms with Gasteiger partial charge in [-0.2, -0.15) is 13.2 Å². The lowest BCUT2D eigenvalue weighted by molar-refractivity contribution is -0.150. The van der Waals surface area contributed by atoms with Crippen LogP contribution in [0.1, 0.15) is 12.8 Å². The molecule has 0 bridgehead atoms. The zero-order chi connectivity index (χ0) is 15.7. The van der Waals surface area contributed by atoms with E-state index >= 15 is 0 Å². The summed E-state index contributed by atoms with van der Waals surface area (Å²) in [5.41, 5.74) is 5.23. The van der Waals surface area contributed by atoms with Crippen molar-refractivity contribution in [3.8, 4) is 0 Å². The Labute approximate surface area is 123 Å². The molecule has 2 aliphatic heterocycles. The summed E-state index contributed by atoms with van der Waals surface area (Å²) in [6.07, 6.45) is -2.92. The lowest BCUT2D eigenvalue weighted by Crippen LogP contribution is -2.64. The van der Waals surface area contributed by atoms with Crippen LogP contribution >= 0.6 is 0 Å². The van der Waals surface area contributed by atoms with E-state index in [1.165, 1.54) is 4.90 Å². The van der Waals surface area contributed by atoms with Crippen molar-refractivity contribution in [1.29, 1.82) is 0 Å². The third kappa shape index (κ3) is 4.30. The van der Waals surface area contributed by atoms with E-state index in [4.69, 9.17) is 5.73 Å². The van der Waals surface area contributed by atoms with E-state index in [2.05, 4.69) is 0 Å². The van der Waals surface area contributed by atoms with Crippen LogP contribution in [0, 0.1) is 0 Å². The smallest absolute Gasteiger partial charge is 0.329 e. The van der Waals surface area contributed by atoms with Crippen molar-refractivity contribution >= 4 is 9.84 Å². The van der Waals surface area contributed by atoms with Crippen molar-refractivity contribution < 1.29 is 21.6 Å². The van der Waals surface area contributed by atoms with Gasteiger partial charge in [-0.25, -0.2) is 8.42 Å². The highest BCUT2D eigenvalue weighted by molar-refractivity contribution is 7.91. The van der Waals surface area contributed by atoms with Crippen molar-refractivity contribution in [1.82, 2.24) is 9.80 Å². The molecule has 5 nitrogen and oxygen atoms in total. The summed E-state index contributed by atoms with van der Waals surface area (Å²) in [4.78, 5) is 3.34. The Morgan fingerprint density at radius 3 is 2.24 bits per heavy atom. The zero-order valence-corrected chi connectivity index (χ0v) is 12.7. The lowest BCUT2D eigenvalue weighted by Gasteiger charge is -2.48. The van der Waals surface area contributed by atoms with Crippen LogP contribution in [0.5, 0.6) is 0 Å². The molecule has 124 valence electrons. The highest BCUT2D eigenvalue weighted by Gasteiger charge is 2.44. The first-order chi connectivity index (χ1) is 9.66. The first kappa shape index (κ1) is 17.0. The van der Waals surface area contributed by atoms with Crippen LogP contribution < -0.4 is 5.73 Å². The van der Waals surface area contributed by atoms with Gasteiger partial charge in [-0.05, 0) is 12.8 Å². The Morgan fingerprint density at radius 2 is 1.76 bits per heavy atom. The second-order valence-electron chi connectivity index (χ2n) is 6.00. The van der Waals surface area contributed by atoms with Crippen molar-refractivity contribution in [3.05, 3.63) is 0 Å². The number of hydrogen-bond acceptors (Lipinski definition) is 5. The Hall–Kier alpha value is -0.380. The molecule has 9 heteroatoms. The zero-order valence-electron chi connectivity index (χ0n) is 11.9. The quantitative estimate of drug-likeness (QED) is 0.794. The third-order valence-corrected chi connectivity index (χ3v) is 6.30. The van der Waals surface area contributed by atoms with Gasteiger partial charge in [0.15, 0.2) is 9.84 Å². The Kier molecular flexibility index (Phi) is 4.87. The SMILES string of the molecule is NCC1(N2CCN(CC(F)(F)F)CC2)CCCS(=O)(=O)C1. The highest BCUT2D eigenvalue weighted by atomic mass is 32.2. The van der Waals surface area contributed by atoms with Crippen LogP contribution in [-0.4, -0.2) is 80.7 Å².